The van der Waals surface area contributed by atoms with Gasteiger partial charge in [0.2, 0.25) is 0 Å². The van der Waals surface area contributed by atoms with Gasteiger partial charge >= 0.3 is 0 Å². The second-order valence-corrected chi connectivity index (χ2v) is 3.43. The molecule has 3 nitrogen and oxygen atoms in total. The van der Waals surface area contributed by atoms with E-state index in [1.165, 1.54) is 0 Å². The minimum atomic E-state index is -1.68. The lowest BCUT2D eigenvalue weighted by atomic mass is 9.85. The van der Waals surface area contributed by atoms with E-state index in [2.05, 4.69) is 11.8 Å². The van der Waals surface area contributed by atoms with Crippen LogP contribution in [0.3, 0.4) is 0 Å². The Morgan fingerprint density at radius 1 is 0.632 bits per heavy atom. The lowest BCUT2D eigenvalue weighted by molar-refractivity contribution is 0.659. The molecule has 0 aliphatic carbocycles. The molecule has 0 radical (unpaired) electrons. The highest BCUT2D eigenvalue weighted by Crippen LogP contribution is 2.24. The molecule has 6 heteroatoms. The molecule has 0 aliphatic heterocycles. The minimum absolute atomic E-state index is 0.0790. The number of hydrogen-bond acceptors (Lipinski definition) is 3. The van der Waals surface area contributed by atoms with Crippen LogP contribution in [-0.2, 0) is 0 Å². The van der Waals surface area contributed by atoms with Crippen molar-refractivity contribution in [1.82, 2.24) is 0 Å². The minimum Gasteiger partial charge on any atom is -0.311 e. The second-order valence-electron chi connectivity index (χ2n) is 3.43. The van der Waals surface area contributed by atoms with Gasteiger partial charge in [-0.05, 0) is 18.2 Å². The first kappa shape index (κ1) is 16.6. The van der Waals surface area contributed by atoms with E-state index >= 15 is 0 Å². The molecular formula is C13H12F3N3. The lowest BCUT2D eigenvalue weighted by Gasteiger charge is -2.16. The maximum atomic E-state index is 12.3. The smallest absolute Gasteiger partial charge is 0.134 e. The zero-order valence-electron chi connectivity index (χ0n) is 9.83. The summed E-state index contributed by atoms with van der Waals surface area (Å²) in [6, 6.07) is 0. The van der Waals surface area contributed by atoms with Crippen molar-refractivity contribution in [2.75, 3.05) is 0 Å². The van der Waals surface area contributed by atoms with Crippen LogP contribution in [0.25, 0.3) is 0 Å². The van der Waals surface area contributed by atoms with Crippen molar-refractivity contribution in [3.8, 4) is 11.8 Å². The zero-order chi connectivity index (χ0) is 14.8. The van der Waals surface area contributed by atoms with E-state index in [0.29, 0.717) is 0 Å². The highest BCUT2D eigenvalue weighted by atomic mass is 19.1. The summed E-state index contributed by atoms with van der Waals surface area (Å²) in [4.78, 5) is 0. The highest BCUT2D eigenvalue weighted by molar-refractivity contribution is 6.08. The number of hydrogen-bond donors (Lipinski definition) is 3. The first-order valence-electron chi connectivity index (χ1n) is 5.00. The monoisotopic (exact) mass is 267 g/mol. The molecule has 0 bridgehead atoms. The van der Waals surface area contributed by atoms with Crippen molar-refractivity contribution in [1.29, 1.82) is 16.2 Å². The standard InChI is InChI=1S/C13H12F3N3/c14-6-3-12(4-7-15,5-8-16)1-2-13(9-17,10-18)11-19/h3-11,17-19H/b6-3+,7-4+,8-5+,17-9?,18-10?,19-11?. The predicted molar refractivity (Wildman–Crippen MR) is 69.7 cm³/mol. The molecular weight excluding hydrogens is 255 g/mol. The Kier molecular flexibility index (Phi) is 6.82. The Morgan fingerprint density at radius 2 is 0.947 bits per heavy atom. The van der Waals surface area contributed by atoms with Crippen LogP contribution in [0.15, 0.2) is 37.2 Å². The molecule has 0 saturated heterocycles. The number of nitrogens with one attached hydrogen (secondary N) is 3. The fraction of sp³-hybridized carbons (Fsp3) is 0.154. The molecule has 0 amide bonds. The van der Waals surface area contributed by atoms with Crippen molar-refractivity contribution < 1.29 is 13.2 Å². The summed E-state index contributed by atoms with van der Waals surface area (Å²) in [6.07, 6.45) is 4.81. The maximum Gasteiger partial charge on any atom is 0.134 e. The Balaban J connectivity index is 5.88. The van der Waals surface area contributed by atoms with Crippen molar-refractivity contribution >= 4 is 18.6 Å². The molecule has 0 fully saturated rings. The molecule has 19 heavy (non-hydrogen) atoms. The third kappa shape index (κ3) is 4.39. The summed E-state index contributed by atoms with van der Waals surface area (Å²) < 4.78 is 36.9. The molecule has 0 rings (SSSR count). The van der Waals surface area contributed by atoms with Crippen LogP contribution < -0.4 is 0 Å². The van der Waals surface area contributed by atoms with E-state index in [0.717, 1.165) is 36.9 Å². The van der Waals surface area contributed by atoms with Gasteiger partial charge in [-0.25, -0.2) is 13.2 Å². The van der Waals surface area contributed by atoms with Gasteiger partial charge < -0.3 is 16.2 Å². The van der Waals surface area contributed by atoms with Gasteiger partial charge in [0.05, 0.1) is 24.4 Å². The van der Waals surface area contributed by atoms with Crippen molar-refractivity contribution in [2.24, 2.45) is 10.8 Å². The van der Waals surface area contributed by atoms with Gasteiger partial charge in [-0.15, -0.1) is 0 Å². The van der Waals surface area contributed by atoms with Crippen molar-refractivity contribution in [3.05, 3.63) is 37.2 Å². The van der Waals surface area contributed by atoms with Crippen molar-refractivity contribution in [2.45, 2.75) is 0 Å². The fourth-order valence-electron chi connectivity index (χ4n) is 1.05. The van der Waals surface area contributed by atoms with Crippen LogP contribution >= 0.6 is 0 Å². The molecule has 3 N–H and O–H groups in total. The van der Waals surface area contributed by atoms with Crippen LogP contribution in [0, 0.1) is 38.9 Å². The summed E-state index contributed by atoms with van der Waals surface area (Å²) in [5, 5.41) is 21.3. The molecule has 0 unspecified atom stereocenters. The second kappa shape index (κ2) is 7.82. The highest BCUT2D eigenvalue weighted by Gasteiger charge is 2.23. The van der Waals surface area contributed by atoms with Gasteiger partial charge in [0.25, 0.3) is 0 Å². The quantitative estimate of drug-likeness (QED) is 0.488. The molecule has 0 aliphatic rings. The van der Waals surface area contributed by atoms with Gasteiger partial charge in [-0.1, -0.05) is 11.8 Å². The Hall–Kier alpha value is -2.42. The molecule has 0 aromatic rings. The van der Waals surface area contributed by atoms with Crippen LogP contribution in [0.2, 0.25) is 0 Å². The fourth-order valence-corrected chi connectivity index (χ4v) is 1.05. The zero-order valence-corrected chi connectivity index (χ0v) is 9.83. The Bertz CT molecular complexity index is 428. The Labute approximate surface area is 109 Å². The molecule has 0 aromatic carbocycles. The van der Waals surface area contributed by atoms with Gasteiger partial charge in [0, 0.05) is 18.6 Å². The van der Waals surface area contributed by atoms with Crippen molar-refractivity contribution in [3.63, 3.8) is 0 Å². The average molecular weight is 267 g/mol. The van der Waals surface area contributed by atoms with Gasteiger partial charge in [-0.2, -0.15) is 0 Å². The summed E-state index contributed by atoms with van der Waals surface area (Å²) in [5.41, 5.74) is -3.26. The van der Waals surface area contributed by atoms with Crippen LogP contribution in [0.4, 0.5) is 13.2 Å². The largest absolute Gasteiger partial charge is 0.311 e. The van der Waals surface area contributed by atoms with E-state index < -0.39 is 10.8 Å². The number of rotatable bonds is 6. The summed E-state index contributed by atoms with van der Waals surface area (Å²) in [5.74, 6) is 4.69. The van der Waals surface area contributed by atoms with E-state index in [1.54, 1.807) is 0 Å². The maximum absolute atomic E-state index is 12.3. The first-order valence-corrected chi connectivity index (χ1v) is 5.00. The predicted octanol–water partition coefficient (Wildman–Crippen LogP) is 3.36. The third-order valence-corrected chi connectivity index (χ3v) is 2.23. The first-order chi connectivity index (χ1) is 9.07. The SMILES string of the molecule is N=CC(C#CC(/C=C/F)(/C=C/F)/C=C/F)(C=N)C=N. The van der Waals surface area contributed by atoms with Gasteiger partial charge in [0.15, 0.2) is 0 Å². The molecule has 100 valence electrons. The summed E-state index contributed by atoms with van der Waals surface area (Å²) in [7, 11) is 0. The molecule has 0 aromatic heterocycles. The van der Waals surface area contributed by atoms with E-state index in [9.17, 15) is 13.2 Å². The van der Waals surface area contributed by atoms with E-state index in [1.807, 2.05) is 0 Å². The third-order valence-electron chi connectivity index (χ3n) is 2.23. The molecule has 0 spiro atoms. The normalized spacial score (nSPS) is 15.1. The Morgan fingerprint density at radius 3 is 1.21 bits per heavy atom. The molecule has 0 atom stereocenters. The molecule has 0 heterocycles. The summed E-state index contributed by atoms with van der Waals surface area (Å²) >= 11 is 0. The van der Waals surface area contributed by atoms with Crippen LogP contribution in [0.5, 0.6) is 0 Å². The average Bonchev–Trinajstić information content (AvgIpc) is 2.42. The van der Waals surface area contributed by atoms with E-state index in [4.69, 9.17) is 16.2 Å². The topological polar surface area (TPSA) is 71.6 Å². The van der Waals surface area contributed by atoms with Gasteiger partial charge in [0.1, 0.15) is 5.41 Å². The van der Waals surface area contributed by atoms with Crippen LogP contribution in [-0.4, -0.2) is 18.6 Å². The molecule has 0 saturated carbocycles. The number of allylic oxidation sites excluding steroid dienone is 3. The summed E-state index contributed by atoms with van der Waals surface area (Å²) in [6.45, 7) is 0. The van der Waals surface area contributed by atoms with Gasteiger partial charge in [-0.3, -0.25) is 0 Å². The van der Waals surface area contributed by atoms with E-state index in [-0.39, 0.29) is 19.0 Å². The number of halogens is 3. The lowest BCUT2D eigenvalue weighted by Crippen LogP contribution is -2.24. The van der Waals surface area contributed by atoms with Crippen LogP contribution in [0.1, 0.15) is 0 Å².